The molecule has 122 valence electrons. The maximum Gasteiger partial charge on any atom is 0.416 e. The van der Waals surface area contributed by atoms with Crippen molar-refractivity contribution in [2.45, 2.75) is 38.0 Å². The molecule has 7 heteroatoms. The summed E-state index contributed by atoms with van der Waals surface area (Å²) in [6, 6.07) is 3.80. The summed E-state index contributed by atoms with van der Waals surface area (Å²) in [7, 11) is 0. The number of benzene rings is 1. The number of carbonyl (C=O) groups excluding carboxylic acids is 1. The van der Waals surface area contributed by atoms with Gasteiger partial charge in [-0.25, -0.2) is 4.79 Å². The fraction of sp³-hybridized carbons (Fsp3) is 0.533. The first-order valence-electron chi connectivity index (χ1n) is 7.18. The minimum absolute atomic E-state index is 0.106. The zero-order valence-corrected chi connectivity index (χ0v) is 12.2. The second-order valence-electron chi connectivity index (χ2n) is 5.47. The van der Waals surface area contributed by atoms with E-state index in [9.17, 15) is 23.1 Å². The maximum absolute atomic E-state index is 12.7. The molecule has 22 heavy (non-hydrogen) atoms. The second kappa shape index (κ2) is 6.56. The Balaban J connectivity index is 2.06. The van der Waals surface area contributed by atoms with Crippen molar-refractivity contribution in [1.82, 2.24) is 10.2 Å². The van der Waals surface area contributed by atoms with Crippen LogP contribution in [0.1, 0.15) is 36.9 Å². The van der Waals surface area contributed by atoms with Crippen LogP contribution in [0.5, 0.6) is 0 Å². The number of halogens is 3. The molecule has 2 rings (SSSR count). The SMILES string of the molecule is CC(NC(=O)N1CCCC1CO)c1cccc(C(F)(F)F)c1. The number of hydrogen-bond acceptors (Lipinski definition) is 2. The van der Waals surface area contributed by atoms with Crippen molar-refractivity contribution < 1.29 is 23.1 Å². The standard InChI is InChI=1S/C15H19F3N2O2/c1-10(11-4-2-5-12(8-11)15(16,17)18)19-14(22)20-7-3-6-13(20)9-21/h2,4-5,8,10,13,21H,3,6-7,9H2,1H3,(H,19,22). The minimum Gasteiger partial charge on any atom is -0.394 e. The maximum atomic E-state index is 12.7. The number of alkyl halides is 3. The van der Waals surface area contributed by atoms with Crippen LogP contribution in [0.2, 0.25) is 0 Å². The molecule has 1 aliphatic heterocycles. The number of nitrogens with one attached hydrogen (secondary N) is 1. The Bertz CT molecular complexity index is 534. The third kappa shape index (κ3) is 3.71. The lowest BCUT2D eigenvalue weighted by Gasteiger charge is -2.26. The van der Waals surface area contributed by atoms with Gasteiger partial charge in [-0.1, -0.05) is 12.1 Å². The lowest BCUT2D eigenvalue weighted by atomic mass is 10.1. The summed E-state index contributed by atoms with van der Waals surface area (Å²) in [5.74, 6) is 0. The molecular formula is C15H19F3N2O2. The Labute approximate surface area is 126 Å². The molecule has 1 aromatic carbocycles. The summed E-state index contributed by atoms with van der Waals surface area (Å²) < 4.78 is 38.1. The van der Waals surface area contributed by atoms with Gasteiger partial charge in [0.05, 0.1) is 24.3 Å². The Kier molecular flexibility index (Phi) is 4.95. The van der Waals surface area contributed by atoms with Gasteiger partial charge in [-0.15, -0.1) is 0 Å². The van der Waals surface area contributed by atoms with Crippen LogP contribution in [0.3, 0.4) is 0 Å². The largest absolute Gasteiger partial charge is 0.416 e. The highest BCUT2D eigenvalue weighted by Gasteiger charge is 2.31. The number of carbonyl (C=O) groups is 1. The zero-order chi connectivity index (χ0) is 16.3. The van der Waals surface area contributed by atoms with E-state index in [1.165, 1.54) is 11.0 Å². The highest BCUT2D eigenvalue weighted by molar-refractivity contribution is 5.75. The van der Waals surface area contributed by atoms with Crippen molar-refractivity contribution in [2.75, 3.05) is 13.2 Å². The molecule has 0 saturated carbocycles. The molecule has 2 N–H and O–H groups in total. The van der Waals surface area contributed by atoms with Crippen molar-refractivity contribution >= 4 is 6.03 Å². The van der Waals surface area contributed by atoms with E-state index in [-0.39, 0.29) is 18.7 Å². The van der Waals surface area contributed by atoms with E-state index in [1.807, 2.05) is 0 Å². The van der Waals surface area contributed by atoms with Crippen LogP contribution in [0.25, 0.3) is 0 Å². The number of nitrogens with zero attached hydrogens (tertiary/aromatic N) is 1. The molecule has 4 nitrogen and oxygen atoms in total. The molecule has 2 atom stereocenters. The topological polar surface area (TPSA) is 52.6 Å². The van der Waals surface area contributed by atoms with E-state index in [0.29, 0.717) is 12.1 Å². The van der Waals surface area contributed by atoms with Crippen LogP contribution in [-0.4, -0.2) is 35.2 Å². The van der Waals surface area contributed by atoms with Crippen molar-refractivity contribution in [3.8, 4) is 0 Å². The quantitative estimate of drug-likeness (QED) is 0.901. The molecular weight excluding hydrogens is 297 g/mol. The molecule has 1 fully saturated rings. The lowest BCUT2D eigenvalue weighted by molar-refractivity contribution is -0.137. The van der Waals surface area contributed by atoms with E-state index in [2.05, 4.69) is 5.32 Å². The fourth-order valence-corrected chi connectivity index (χ4v) is 2.63. The van der Waals surface area contributed by atoms with Crippen molar-refractivity contribution in [3.05, 3.63) is 35.4 Å². The van der Waals surface area contributed by atoms with Gasteiger partial charge in [0.25, 0.3) is 0 Å². The van der Waals surface area contributed by atoms with Gasteiger partial charge in [-0.2, -0.15) is 13.2 Å². The summed E-state index contributed by atoms with van der Waals surface area (Å²) >= 11 is 0. The Morgan fingerprint density at radius 1 is 1.50 bits per heavy atom. The number of rotatable bonds is 3. The van der Waals surface area contributed by atoms with Crippen LogP contribution < -0.4 is 5.32 Å². The van der Waals surface area contributed by atoms with Crippen LogP contribution in [0, 0.1) is 0 Å². The Morgan fingerprint density at radius 3 is 2.86 bits per heavy atom. The van der Waals surface area contributed by atoms with Crippen LogP contribution in [0.4, 0.5) is 18.0 Å². The number of aliphatic hydroxyl groups is 1. The molecule has 1 saturated heterocycles. The molecule has 0 spiro atoms. The average molecular weight is 316 g/mol. The first-order chi connectivity index (χ1) is 10.3. The minimum atomic E-state index is -4.41. The third-order valence-corrected chi connectivity index (χ3v) is 3.90. The Morgan fingerprint density at radius 2 is 2.23 bits per heavy atom. The smallest absolute Gasteiger partial charge is 0.394 e. The molecule has 0 aromatic heterocycles. The van der Waals surface area contributed by atoms with Gasteiger partial charge in [0.15, 0.2) is 0 Å². The first kappa shape index (κ1) is 16.6. The lowest BCUT2D eigenvalue weighted by Crippen LogP contribution is -2.44. The zero-order valence-electron chi connectivity index (χ0n) is 12.2. The predicted octanol–water partition coefficient (Wildman–Crippen LogP) is 2.93. The predicted molar refractivity (Wildman–Crippen MR) is 75.2 cm³/mol. The molecule has 2 unspecified atom stereocenters. The molecule has 2 amide bonds. The summed E-state index contributed by atoms with van der Waals surface area (Å²) in [4.78, 5) is 13.7. The number of amides is 2. The number of aliphatic hydroxyl groups excluding tert-OH is 1. The number of likely N-dealkylation sites (tertiary alicyclic amines) is 1. The third-order valence-electron chi connectivity index (χ3n) is 3.90. The van der Waals surface area contributed by atoms with Crippen LogP contribution in [-0.2, 0) is 6.18 Å². The molecule has 0 aliphatic carbocycles. The highest BCUT2D eigenvalue weighted by atomic mass is 19.4. The number of hydrogen-bond donors (Lipinski definition) is 2. The van der Waals surface area contributed by atoms with E-state index in [0.717, 1.165) is 25.0 Å². The van der Waals surface area contributed by atoms with Crippen molar-refractivity contribution in [1.29, 1.82) is 0 Å². The molecule has 1 heterocycles. The summed E-state index contributed by atoms with van der Waals surface area (Å²) in [5, 5.41) is 11.9. The summed E-state index contributed by atoms with van der Waals surface area (Å²) in [6.45, 7) is 2.08. The van der Waals surface area contributed by atoms with Crippen LogP contribution >= 0.6 is 0 Å². The monoisotopic (exact) mass is 316 g/mol. The average Bonchev–Trinajstić information content (AvgIpc) is 2.95. The van der Waals surface area contributed by atoms with Gasteiger partial charge in [0.1, 0.15) is 0 Å². The molecule has 1 aliphatic rings. The van der Waals surface area contributed by atoms with Crippen molar-refractivity contribution in [2.24, 2.45) is 0 Å². The molecule has 1 aromatic rings. The molecule has 0 radical (unpaired) electrons. The second-order valence-corrected chi connectivity index (χ2v) is 5.47. The van der Waals surface area contributed by atoms with Crippen LogP contribution in [0.15, 0.2) is 24.3 Å². The van der Waals surface area contributed by atoms with Gasteiger partial charge in [-0.05, 0) is 37.5 Å². The van der Waals surface area contributed by atoms with Gasteiger partial charge in [0, 0.05) is 6.54 Å². The Hall–Kier alpha value is -1.76. The normalized spacial score (nSPS) is 20.0. The van der Waals surface area contributed by atoms with Crippen molar-refractivity contribution in [3.63, 3.8) is 0 Å². The van der Waals surface area contributed by atoms with E-state index in [1.54, 1.807) is 13.0 Å². The summed E-state index contributed by atoms with van der Waals surface area (Å²) in [5.41, 5.74) is -0.344. The molecule has 0 bridgehead atoms. The first-order valence-corrected chi connectivity index (χ1v) is 7.18. The van der Waals surface area contributed by atoms with Gasteiger partial charge >= 0.3 is 12.2 Å². The van der Waals surface area contributed by atoms with E-state index >= 15 is 0 Å². The van der Waals surface area contributed by atoms with Gasteiger partial charge in [-0.3, -0.25) is 0 Å². The van der Waals surface area contributed by atoms with E-state index in [4.69, 9.17) is 0 Å². The van der Waals surface area contributed by atoms with Gasteiger partial charge in [0.2, 0.25) is 0 Å². The van der Waals surface area contributed by atoms with E-state index < -0.39 is 17.8 Å². The highest BCUT2D eigenvalue weighted by Crippen LogP contribution is 2.30. The fourth-order valence-electron chi connectivity index (χ4n) is 2.63. The summed E-state index contributed by atoms with van der Waals surface area (Å²) in [6.07, 6.45) is -2.85. The number of urea groups is 1. The van der Waals surface area contributed by atoms with Gasteiger partial charge < -0.3 is 15.3 Å².